The molecular formula is C26H26O4. The molecular weight excluding hydrogens is 376 g/mol. The summed E-state index contributed by atoms with van der Waals surface area (Å²) in [6.07, 6.45) is -0.563. The Bertz CT molecular complexity index is 1090. The van der Waals surface area contributed by atoms with E-state index in [-0.39, 0.29) is 5.92 Å². The van der Waals surface area contributed by atoms with E-state index in [9.17, 15) is 10.2 Å². The lowest BCUT2D eigenvalue weighted by Crippen LogP contribution is -2.52. The highest BCUT2D eigenvalue weighted by atomic mass is 16.5. The summed E-state index contributed by atoms with van der Waals surface area (Å²) in [5.41, 5.74) is 1.83. The van der Waals surface area contributed by atoms with Gasteiger partial charge in [0.1, 0.15) is 11.5 Å². The van der Waals surface area contributed by atoms with E-state index in [4.69, 9.17) is 9.47 Å². The Balaban J connectivity index is 1.81. The van der Waals surface area contributed by atoms with Gasteiger partial charge < -0.3 is 19.7 Å². The topological polar surface area (TPSA) is 58.9 Å². The van der Waals surface area contributed by atoms with Gasteiger partial charge in [-0.3, -0.25) is 0 Å². The van der Waals surface area contributed by atoms with Crippen LogP contribution in [0.25, 0.3) is 0 Å². The predicted molar refractivity (Wildman–Crippen MR) is 115 cm³/mol. The number of aliphatic hydroxyl groups is 2. The zero-order chi connectivity index (χ0) is 21.1. The van der Waals surface area contributed by atoms with Gasteiger partial charge in [-0.2, -0.15) is 0 Å². The van der Waals surface area contributed by atoms with Crippen LogP contribution in [-0.2, 0) is 11.2 Å². The summed E-state index contributed by atoms with van der Waals surface area (Å²) in [5.74, 6) is 1.15. The second-order valence-electron chi connectivity index (χ2n) is 8.50. The quantitative estimate of drug-likeness (QED) is 0.684. The van der Waals surface area contributed by atoms with E-state index in [1.807, 2.05) is 80.6 Å². The Labute approximate surface area is 176 Å². The minimum absolute atomic E-state index is 0.223. The van der Waals surface area contributed by atoms with E-state index in [0.717, 1.165) is 28.0 Å². The molecule has 154 valence electrons. The number of hydrogen-bond acceptors (Lipinski definition) is 4. The molecule has 0 amide bonds. The molecule has 0 radical (unpaired) electrons. The third-order valence-electron chi connectivity index (χ3n) is 6.81. The average molecular weight is 402 g/mol. The molecule has 2 aliphatic rings. The Morgan fingerprint density at radius 2 is 1.70 bits per heavy atom. The second-order valence-corrected chi connectivity index (χ2v) is 8.50. The summed E-state index contributed by atoms with van der Waals surface area (Å²) in [7, 11) is 1.63. The normalized spacial score (nSPS) is 29.2. The van der Waals surface area contributed by atoms with Gasteiger partial charge in [-0.1, -0.05) is 48.5 Å². The maximum absolute atomic E-state index is 12.3. The third-order valence-corrected chi connectivity index (χ3v) is 6.81. The molecule has 1 aliphatic carbocycles. The molecule has 1 fully saturated rings. The van der Waals surface area contributed by atoms with Crippen LogP contribution < -0.4 is 9.47 Å². The van der Waals surface area contributed by atoms with Crippen molar-refractivity contribution in [2.24, 2.45) is 0 Å². The number of fused-ring (bicyclic) bond motifs is 3. The van der Waals surface area contributed by atoms with E-state index in [0.29, 0.717) is 17.7 Å². The molecule has 1 saturated carbocycles. The van der Waals surface area contributed by atoms with Crippen molar-refractivity contribution in [3.63, 3.8) is 0 Å². The van der Waals surface area contributed by atoms with Gasteiger partial charge >= 0.3 is 0 Å². The van der Waals surface area contributed by atoms with Gasteiger partial charge in [0.05, 0.1) is 13.2 Å². The number of aliphatic hydroxyl groups excluding tert-OH is 1. The zero-order valence-corrected chi connectivity index (χ0v) is 17.4. The molecule has 4 atom stereocenters. The molecule has 0 bridgehead atoms. The van der Waals surface area contributed by atoms with E-state index in [1.54, 1.807) is 7.11 Å². The van der Waals surface area contributed by atoms with Crippen LogP contribution in [-0.4, -0.2) is 23.4 Å². The second kappa shape index (κ2) is 6.59. The SMILES string of the molecule is COc1ccc([C@]23Oc4cc(C)cc(C)c4[C@]2(O)[C@H](O)C[C@@H]3c2ccccc2)cc1. The van der Waals surface area contributed by atoms with Crippen LogP contribution in [0.1, 0.15) is 40.2 Å². The molecule has 0 saturated heterocycles. The van der Waals surface area contributed by atoms with Crippen LogP contribution in [0.3, 0.4) is 0 Å². The summed E-state index contributed by atoms with van der Waals surface area (Å²) < 4.78 is 12.1. The van der Waals surface area contributed by atoms with Gasteiger partial charge in [-0.05, 0) is 60.7 Å². The summed E-state index contributed by atoms with van der Waals surface area (Å²) >= 11 is 0. The summed E-state index contributed by atoms with van der Waals surface area (Å²) in [6.45, 7) is 3.99. The first kappa shape index (κ1) is 19.2. The fraction of sp³-hybridized carbons (Fsp3) is 0.308. The zero-order valence-electron chi connectivity index (χ0n) is 17.4. The molecule has 1 aliphatic heterocycles. The molecule has 3 aromatic rings. The third kappa shape index (κ3) is 2.35. The highest BCUT2D eigenvalue weighted by molar-refractivity contribution is 5.58. The summed E-state index contributed by atoms with van der Waals surface area (Å²) in [4.78, 5) is 0. The van der Waals surface area contributed by atoms with Crippen molar-refractivity contribution in [2.45, 2.75) is 43.5 Å². The van der Waals surface area contributed by atoms with Crippen molar-refractivity contribution in [1.82, 2.24) is 0 Å². The first-order chi connectivity index (χ1) is 14.4. The maximum Gasteiger partial charge on any atom is 0.176 e. The molecule has 0 aromatic heterocycles. The van der Waals surface area contributed by atoms with Crippen LogP contribution in [0.5, 0.6) is 11.5 Å². The number of hydrogen-bond donors (Lipinski definition) is 2. The standard InChI is InChI=1S/C26H26O4/c1-16-13-17(2)24-22(14-16)30-26(19-9-11-20(29-3)12-10-19)21(15-23(27)25(24,26)28)18-7-5-4-6-8-18/h4-14,21,23,27-28H,15H2,1-3H3/t21-,23-,25-,26-/m1/s1. The monoisotopic (exact) mass is 402 g/mol. The fourth-order valence-corrected chi connectivity index (χ4v) is 5.62. The molecule has 1 heterocycles. The first-order valence-corrected chi connectivity index (χ1v) is 10.3. The number of methoxy groups -OCH3 is 1. The molecule has 4 nitrogen and oxygen atoms in total. The lowest BCUT2D eigenvalue weighted by molar-refractivity contribution is -0.149. The van der Waals surface area contributed by atoms with Crippen molar-refractivity contribution in [3.05, 3.63) is 94.5 Å². The smallest absolute Gasteiger partial charge is 0.176 e. The van der Waals surface area contributed by atoms with Crippen LogP contribution in [0, 0.1) is 13.8 Å². The van der Waals surface area contributed by atoms with Gasteiger partial charge in [0, 0.05) is 11.5 Å². The lowest BCUT2D eigenvalue weighted by Gasteiger charge is -2.41. The Kier molecular flexibility index (Phi) is 4.21. The summed E-state index contributed by atoms with van der Waals surface area (Å²) in [5, 5.41) is 23.6. The minimum atomic E-state index is -1.56. The summed E-state index contributed by atoms with van der Waals surface area (Å²) in [6, 6.07) is 21.6. The average Bonchev–Trinajstić information content (AvgIpc) is 3.14. The molecule has 2 N–H and O–H groups in total. The van der Waals surface area contributed by atoms with Crippen molar-refractivity contribution in [1.29, 1.82) is 0 Å². The predicted octanol–water partition coefficient (Wildman–Crippen LogP) is 4.34. The lowest BCUT2D eigenvalue weighted by atomic mass is 9.70. The largest absolute Gasteiger partial charge is 0.497 e. The van der Waals surface area contributed by atoms with Crippen molar-refractivity contribution in [3.8, 4) is 11.5 Å². The van der Waals surface area contributed by atoms with E-state index in [2.05, 4.69) is 0 Å². The number of aryl methyl sites for hydroxylation is 2. The molecule has 0 spiro atoms. The van der Waals surface area contributed by atoms with Crippen molar-refractivity contribution in [2.75, 3.05) is 7.11 Å². The van der Waals surface area contributed by atoms with E-state index >= 15 is 0 Å². The van der Waals surface area contributed by atoms with Gasteiger partial charge in [0.2, 0.25) is 0 Å². The van der Waals surface area contributed by atoms with E-state index in [1.165, 1.54) is 0 Å². The highest BCUT2D eigenvalue weighted by Gasteiger charge is 2.72. The Morgan fingerprint density at radius 3 is 2.37 bits per heavy atom. The number of benzene rings is 3. The first-order valence-electron chi connectivity index (χ1n) is 10.3. The van der Waals surface area contributed by atoms with Gasteiger partial charge in [-0.25, -0.2) is 0 Å². The van der Waals surface area contributed by atoms with Crippen LogP contribution in [0.15, 0.2) is 66.7 Å². The molecule has 4 heteroatoms. The van der Waals surface area contributed by atoms with Crippen LogP contribution >= 0.6 is 0 Å². The molecule has 3 aromatic carbocycles. The maximum atomic E-state index is 12.3. The Morgan fingerprint density at radius 1 is 1.00 bits per heavy atom. The number of rotatable bonds is 3. The fourth-order valence-electron chi connectivity index (χ4n) is 5.62. The van der Waals surface area contributed by atoms with Gasteiger partial charge in [0.25, 0.3) is 0 Å². The Hall–Kier alpha value is -2.82. The van der Waals surface area contributed by atoms with Gasteiger partial charge in [-0.15, -0.1) is 0 Å². The highest BCUT2D eigenvalue weighted by Crippen LogP contribution is 2.67. The van der Waals surface area contributed by atoms with Crippen molar-refractivity contribution < 1.29 is 19.7 Å². The van der Waals surface area contributed by atoms with Crippen LogP contribution in [0.4, 0.5) is 0 Å². The molecule has 30 heavy (non-hydrogen) atoms. The van der Waals surface area contributed by atoms with Crippen LogP contribution in [0.2, 0.25) is 0 Å². The number of ether oxygens (including phenoxy) is 2. The van der Waals surface area contributed by atoms with E-state index < -0.39 is 17.3 Å². The van der Waals surface area contributed by atoms with Crippen molar-refractivity contribution >= 4 is 0 Å². The molecule has 5 rings (SSSR count). The van der Waals surface area contributed by atoms with Gasteiger partial charge in [0.15, 0.2) is 11.2 Å². The molecule has 0 unspecified atom stereocenters. The minimum Gasteiger partial charge on any atom is -0.497 e.